The Morgan fingerprint density at radius 1 is 1.20 bits per heavy atom. The Hall–Kier alpha value is -2.08. The number of hydrogen-bond acceptors (Lipinski definition) is 9. The van der Waals surface area contributed by atoms with Crippen molar-refractivity contribution in [3.05, 3.63) is 6.33 Å². The Balaban J connectivity index is 1.72. The summed E-state index contributed by atoms with van der Waals surface area (Å²) in [6.07, 6.45) is -0.642. The Bertz CT molecular complexity index is 982. The predicted octanol–water partition coefficient (Wildman–Crippen LogP) is 2.34. The molecule has 0 radical (unpaired) electrons. The van der Waals surface area contributed by atoms with Crippen molar-refractivity contribution in [2.75, 3.05) is 19.5 Å². The molecule has 2 aromatic rings. The van der Waals surface area contributed by atoms with Crippen molar-refractivity contribution in [1.29, 1.82) is 0 Å². The molecule has 2 fully saturated rings. The van der Waals surface area contributed by atoms with Gasteiger partial charge in [-0.05, 0) is 0 Å². The highest BCUT2D eigenvalue weighted by Gasteiger charge is 2.65. The molecule has 0 spiro atoms. The highest BCUT2D eigenvalue weighted by Crippen LogP contribution is 2.55. The van der Waals surface area contributed by atoms with E-state index in [1.54, 1.807) is 4.57 Å². The SMILES string of the molecule is COc1nc(N)nc2c1ncn2[C@@H]1O[C@@H]2CO[Si](C(C)(C)C)(C(C)(C)C)O[C@H]2C1=O. The number of imidazole rings is 1. The largest absolute Gasteiger partial charge is 0.479 e. The summed E-state index contributed by atoms with van der Waals surface area (Å²) in [7, 11) is -1.32. The molecule has 0 unspecified atom stereocenters. The van der Waals surface area contributed by atoms with E-state index in [1.807, 2.05) is 0 Å². The molecule has 3 atom stereocenters. The second-order valence-corrected chi connectivity index (χ2v) is 14.6. The average molecular weight is 436 g/mol. The molecule has 10 nitrogen and oxygen atoms in total. The maximum Gasteiger partial charge on any atom is 0.350 e. The zero-order valence-electron chi connectivity index (χ0n) is 18.4. The van der Waals surface area contributed by atoms with Gasteiger partial charge in [-0.1, -0.05) is 41.5 Å². The molecule has 2 aliphatic heterocycles. The topological polar surface area (TPSA) is 124 Å². The van der Waals surface area contributed by atoms with Gasteiger partial charge in [0.2, 0.25) is 17.6 Å². The van der Waals surface area contributed by atoms with Crippen molar-refractivity contribution < 1.29 is 23.1 Å². The predicted molar refractivity (Wildman–Crippen MR) is 111 cm³/mol. The summed E-state index contributed by atoms with van der Waals surface area (Å²) in [6, 6.07) is 0. The van der Waals surface area contributed by atoms with E-state index in [1.165, 1.54) is 13.4 Å². The van der Waals surface area contributed by atoms with Crippen LogP contribution in [0.3, 0.4) is 0 Å². The van der Waals surface area contributed by atoms with Gasteiger partial charge < -0.3 is 24.1 Å². The first kappa shape index (κ1) is 21.2. The first-order valence-corrected chi connectivity index (χ1v) is 11.8. The van der Waals surface area contributed by atoms with Gasteiger partial charge in [0.15, 0.2) is 17.4 Å². The molecule has 11 heteroatoms. The minimum absolute atomic E-state index is 0.0236. The number of ketones is 1. The molecule has 4 rings (SSSR count). The van der Waals surface area contributed by atoms with Crippen LogP contribution < -0.4 is 10.5 Å². The van der Waals surface area contributed by atoms with Crippen LogP contribution in [-0.2, 0) is 18.4 Å². The van der Waals surface area contributed by atoms with E-state index in [0.29, 0.717) is 17.8 Å². The van der Waals surface area contributed by atoms with Crippen molar-refractivity contribution >= 4 is 31.5 Å². The average Bonchev–Trinajstić information content (AvgIpc) is 3.19. The number of aromatic nitrogens is 4. The lowest BCUT2D eigenvalue weighted by molar-refractivity contribution is -0.130. The number of methoxy groups -OCH3 is 1. The van der Waals surface area contributed by atoms with E-state index in [4.69, 9.17) is 24.1 Å². The van der Waals surface area contributed by atoms with E-state index in [2.05, 4.69) is 56.5 Å². The number of hydrogen-bond donors (Lipinski definition) is 1. The molecule has 2 aromatic heterocycles. The maximum atomic E-state index is 13.4. The van der Waals surface area contributed by atoms with Crippen molar-refractivity contribution in [3.63, 3.8) is 0 Å². The summed E-state index contributed by atoms with van der Waals surface area (Å²) in [5.74, 6) is 0.0881. The highest BCUT2D eigenvalue weighted by atomic mass is 28.4. The van der Waals surface area contributed by atoms with Crippen LogP contribution in [0.4, 0.5) is 5.95 Å². The minimum atomic E-state index is -2.80. The number of nitrogens with zero attached hydrogens (tertiary/aromatic N) is 4. The number of rotatable bonds is 2. The number of carbonyl (C=O) groups is 1. The molecule has 4 heterocycles. The normalized spacial score (nSPS) is 26.8. The van der Waals surface area contributed by atoms with Gasteiger partial charge in [0, 0.05) is 10.1 Å². The maximum absolute atomic E-state index is 13.4. The summed E-state index contributed by atoms with van der Waals surface area (Å²) in [5, 5.41) is -0.462. The van der Waals surface area contributed by atoms with E-state index >= 15 is 0 Å². The van der Waals surface area contributed by atoms with Crippen LogP contribution in [0.15, 0.2) is 6.33 Å². The summed E-state index contributed by atoms with van der Waals surface area (Å²) < 4.78 is 25.8. The zero-order valence-corrected chi connectivity index (χ0v) is 19.4. The van der Waals surface area contributed by atoms with E-state index in [9.17, 15) is 4.79 Å². The lowest BCUT2D eigenvalue weighted by Crippen LogP contribution is -2.64. The lowest BCUT2D eigenvalue weighted by atomic mass is 10.1. The van der Waals surface area contributed by atoms with E-state index in [0.717, 1.165) is 0 Å². The minimum Gasteiger partial charge on any atom is -0.479 e. The zero-order chi connectivity index (χ0) is 22.1. The quantitative estimate of drug-likeness (QED) is 0.708. The monoisotopic (exact) mass is 435 g/mol. The molecular formula is C19H29N5O5Si. The summed E-state index contributed by atoms with van der Waals surface area (Å²) in [6.45, 7) is 13.0. The Labute approximate surface area is 176 Å². The van der Waals surface area contributed by atoms with Gasteiger partial charge in [0.1, 0.15) is 12.2 Å². The second-order valence-electron chi connectivity index (χ2n) is 9.81. The summed E-state index contributed by atoms with van der Waals surface area (Å²) >= 11 is 0. The first-order valence-electron chi connectivity index (χ1n) is 9.94. The van der Waals surface area contributed by atoms with Crippen LogP contribution in [-0.4, -0.2) is 59.8 Å². The van der Waals surface area contributed by atoms with Crippen LogP contribution in [0, 0.1) is 0 Å². The Morgan fingerprint density at radius 3 is 2.47 bits per heavy atom. The number of nitrogen functional groups attached to an aromatic ring is 1. The molecule has 2 N–H and O–H groups in total. The standard InChI is InChI=1S/C19H29N5O5Si/c1-18(2,3)30(19(4,5)6)27-8-10-13(29-30)12(25)16(28-10)24-9-21-11-14(24)22-17(20)23-15(11)26-7/h9-10,13,16H,8H2,1-7H3,(H2,20,22,23)/t10-,13-,16-/m1/s1. The number of carbonyl (C=O) groups excluding carboxylic acids is 1. The van der Waals surface area contributed by atoms with Crippen LogP contribution in [0.5, 0.6) is 5.88 Å². The molecule has 0 bridgehead atoms. The fourth-order valence-corrected chi connectivity index (χ4v) is 9.55. The molecule has 164 valence electrons. The number of nitrogens with two attached hydrogens (primary N) is 1. The molecule has 2 saturated heterocycles. The molecule has 0 amide bonds. The Morgan fingerprint density at radius 2 is 1.87 bits per heavy atom. The summed E-state index contributed by atoms with van der Waals surface area (Å²) in [4.78, 5) is 26.0. The van der Waals surface area contributed by atoms with Crippen LogP contribution in [0.25, 0.3) is 11.2 Å². The van der Waals surface area contributed by atoms with Gasteiger partial charge in [-0.15, -0.1) is 0 Å². The second kappa shape index (κ2) is 6.71. The fourth-order valence-electron chi connectivity index (χ4n) is 4.64. The number of anilines is 1. The van der Waals surface area contributed by atoms with Gasteiger partial charge >= 0.3 is 8.56 Å². The van der Waals surface area contributed by atoms with Gasteiger partial charge in [-0.25, -0.2) is 4.98 Å². The molecule has 0 aromatic carbocycles. The number of fused-ring (bicyclic) bond motifs is 2. The van der Waals surface area contributed by atoms with Gasteiger partial charge in [0.05, 0.1) is 20.0 Å². The molecule has 30 heavy (non-hydrogen) atoms. The number of ether oxygens (including phenoxy) is 2. The Kier molecular flexibility index (Phi) is 4.73. The third kappa shape index (κ3) is 2.94. The summed E-state index contributed by atoms with van der Waals surface area (Å²) in [5.41, 5.74) is 6.58. The van der Waals surface area contributed by atoms with Gasteiger partial charge in [-0.2, -0.15) is 9.97 Å². The van der Waals surface area contributed by atoms with Gasteiger partial charge in [-0.3, -0.25) is 9.36 Å². The van der Waals surface area contributed by atoms with Gasteiger partial charge in [0.25, 0.3) is 0 Å². The van der Waals surface area contributed by atoms with Crippen molar-refractivity contribution in [1.82, 2.24) is 19.5 Å². The molecule has 0 saturated carbocycles. The van der Waals surface area contributed by atoms with E-state index < -0.39 is 27.0 Å². The fraction of sp³-hybridized carbons (Fsp3) is 0.684. The first-order chi connectivity index (χ1) is 13.9. The molecule has 2 aliphatic rings. The third-order valence-corrected chi connectivity index (χ3v) is 10.8. The van der Waals surface area contributed by atoms with Crippen LogP contribution in [0.1, 0.15) is 47.8 Å². The lowest BCUT2D eigenvalue weighted by Gasteiger charge is -2.52. The number of Topliss-reactive ketones (excluding diaryl/α,β-unsaturated/α-hetero) is 1. The molecule has 0 aliphatic carbocycles. The third-order valence-electron chi connectivity index (χ3n) is 5.74. The van der Waals surface area contributed by atoms with Crippen molar-refractivity contribution in [2.24, 2.45) is 0 Å². The smallest absolute Gasteiger partial charge is 0.350 e. The van der Waals surface area contributed by atoms with Crippen molar-refractivity contribution in [3.8, 4) is 5.88 Å². The highest BCUT2D eigenvalue weighted by molar-refractivity contribution is 6.73. The van der Waals surface area contributed by atoms with Crippen LogP contribution in [0.2, 0.25) is 10.1 Å². The molecular weight excluding hydrogens is 406 g/mol. The van der Waals surface area contributed by atoms with Crippen LogP contribution >= 0.6 is 0 Å². The van der Waals surface area contributed by atoms with E-state index in [-0.39, 0.29) is 27.7 Å². The van der Waals surface area contributed by atoms with Crippen molar-refractivity contribution in [2.45, 2.75) is 70.1 Å².